The van der Waals surface area contributed by atoms with Gasteiger partial charge < -0.3 is 5.11 Å². The lowest BCUT2D eigenvalue weighted by Gasteiger charge is -2.07. The van der Waals surface area contributed by atoms with Crippen molar-refractivity contribution in [3.05, 3.63) is 41.6 Å². The van der Waals surface area contributed by atoms with E-state index < -0.39 is 10.8 Å². The monoisotopic (exact) mass is 249 g/mol. The Morgan fingerprint density at radius 3 is 2.88 bits per heavy atom. The lowest BCUT2D eigenvalue weighted by Crippen LogP contribution is -2.05. The van der Waals surface area contributed by atoms with E-state index in [9.17, 15) is 4.21 Å². The summed E-state index contributed by atoms with van der Waals surface area (Å²) in [6, 6.07) is 9.83. The Morgan fingerprint density at radius 1 is 1.35 bits per heavy atom. The number of aliphatic hydroxyl groups excluding tert-OH is 1. The molecular formula is C13H15NO2S. The minimum Gasteiger partial charge on any atom is -0.395 e. The number of aliphatic hydroxyl groups is 1. The summed E-state index contributed by atoms with van der Waals surface area (Å²) >= 11 is 0. The molecule has 1 heterocycles. The fraction of sp³-hybridized carbons (Fsp3) is 0.308. The van der Waals surface area contributed by atoms with Crippen LogP contribution in [0.15, 0.2) is 30.3 Å². The number of hydrogen-bond acceptors (Lipinski definition) is 3. The van der Waals surface area contributed by atoms with Gasteiger partial charge in [-0.3, -0.25) is 9.19 Å². The van der Waals surface area contributed by atoms with Gasteiger partial charge in [0.2, 0.25) is 0 Å². The molecule has 17 heavy (non-hydrogen) atoms. The Morgan fingerprint density at radius 2 is 2.12 bits per heavy atom. The number of pyridine rings is 1. The van der Waals surface area contributed by atoms with Crippen LogP contribution in [0.1, 0.15) is 11.3 Å². The van der Waals surface area contributed by atoms with Gasteiger partial charge in [-0.15, -0.1) is 0 Å². The van der Waals surface area contributed by atoms with E-state index in [0.29, 0.717) is 11.5 Å². The van der Waals surface area contributed by atoms with Crippen molar-refractivity contribution in [2.24, 2.45) is 0 Å². The van der Waals surface area contributed by atoms with Crippen molar-refractivity contribution in [2.45, 2.75) is 12.7 Å². The summed E-state index contributed by atoms with van der Waals surface area (Å²) in [4.78, 5) is 4.44. The fourth-order valence-electron chi connectivity index (χ4n) is 1.86. The third kappa shape index (κ3) is 2.90. The van der Waals surface area contributed by atoms with Gasteiger partial charge >= 0.3 is 0 Å². The molecule has 1 aromatic heterocycles. The van der Waals surface area contributed by atoms with Gasteiger partial charge in [-0.05, 0) is 24.6 Å². The van der Waals surface area contributed by atoms with Crippen LogP contribution < -0.4 is 0 Å². The molecule has 0 spiro atoms. The summed E-state index contributed by atoms with van der Waals surface area (Å²) in [5.74, 6) is 0.806. The normalized spacial score (nSPS) is 12.8. The average molecular weight is 249 g/mol. The maximum absolute atomic E-state index is 11.7. The maximum atomic E-state index is 11.7. The summed E-state index contributed by atoms with van der Waals surface area (Å²) < 4.78 is 11.7. The first-order valence-electron chi connectivity index (χ1n) is 5.52. The number of aromatic nitrogens is 1. The number of hydrogen-bond donors (Lipinski definition) is 1. The SMILES string of the molecule is Cc1cc(CS(=O)CCO)c2ccccc2n1. The molecule has 1 atom stereocenters. The van der Waals surface area contributed by atoms with Crippen LogP contribution in [0.25, 0.3) is 10.9 Å². The standard InChI is InChI=1S/C13H15NO2S/c1-10-8-11(9-17(16)7-6-15)12-4-2-3-5-13(12)14-10/h2-5,8,15H,6-7,9H2,1H3. The molecule has 1 N–H and O–H groups in total. The number of rotatable bonds is 4. The molecule has 0 fully saturated rings. The summed E-state index contributed by atoms with van der Waals surface area (Å²) in [6.45, 7) is 1.90. The highest BCUT2D eigenvalue weighted by atomic mass is 32.2. The zero-order chi connectivity index (χ0) is 12.3. The van der Waals surface area contributed by atoms with Crippen LogP contribution in [-0.2, 0) is 16.6 Å². The summed E-state index contributed by atoms with van der Waals surface area (Å²) in [7, 11) is -1.01. The third-order valence-electron chi connectivity index (χ3n) is 2.57. The van der Waals surface area contributed by atoms with Crippen LogP contribution in [0.4, 0.5) is 0 Å². The predicted molar refractivity (Wildman–Crippen MR) is 70.3 cm³/mol. The molecule has 90 valence electrons. The minimum absolute atomic E-state index is 0.0331. The van der Waals surface area contributed by atoms with E-state index in [1.807, 2.05) is 37.3 Å². The second kappa shape index (κ2) is 5.38. The van der Waals surface area contributed by atoms with Crippen molar-refractivity contribution in [2.75, 3.05) is 12.4 Å². The lowest BCUT2D eigenvalue weighted by atomic mass is 10.1. The molecule has 4 heteroatoms. The van der Waals surface area contributed by atoms with E-state index in [0.717, 1.165) is 22.2 Å². The molecule has 0 aliphatic rings. The number of nitrogens with zero attached hydrogens (tertiary/aromatic N) is 1. The van der Waals surface area contributed by atoms with Gasteiger partial charge in [0, 0.05) is 33.4 Å². The van der Waals surface area contributed by atoms with E-state index >= 15 is 0 Å². The first-order valence-corrected chi connectivity index (χ1v) is 7.00. The van der Waals surface area contributed by atoms with E-state index in [-0.39, 0.29) is 6.61 Å². The Balaban J connectivity index is 2.42. The van der Waals surface area contributed by atoms with Gasteiger partial charge in [-0.25, -0.2) is 0 Å². The zero-order valence-electron chi connectivity index (χ0n) is 9.72. The first kappa shape index (κ1) is 12.2. The van der Waals surface area contributed by atoms with Crippen LogP contribution in [0.2, 0.25) is 0 Å². The molecule has 0 saturated heterocycles. The molecule has 0 saturated carbocycles. The fourth-order valence-corrected chi connectivity index (χ4v) is 2.80. The van der Waals surface area contributed by atoms with Crippen LogP contribution >= 0.6 is 0 Å². The highest BCUT2D eigenvalue weighted by molar-refractivity contribution is 7.84. The summed E-state index contributed by atoms with van der Waals surface area (Å²) in [6.07, 6.45) is 0. The Bertz CT molecular complexity index is 554. The van der Waals surface area contributed by atoms with Crippen molar-refractivity contribution >= 4 is 21.7 Å². The van der Waals surface area contributed by atoms with Gasteiger partial charge in [0.1, 0.15) is 0 Å². The average Bonchev–Trinajstić information content (AvgIpc) is 2.29. The van der Waals surface area contributed by atoms with Gasteiger partial charge in [-0.1, -0.05) is 18.2 Å². The van der Waals surface area contributed by atoms with E-state index in [2.05, 4.69) is 4.98 Å². The number of para-hydroxylation sites is 1. The second-order valence-corrected chi connectivity index (χ2v) is 5.53. The molecule has 3 nitrogen and oxygen atoms in total. The molecule has 0 radical (unpaired) electrons. The van der Waals surface area contributed by atoms with Gasteiger partial charge in [0.15, 0.2) is 0 Å². The molecule has 0 aliphatic carbocycles. The molecular weight excluding hydrogens is 234 g/mol. The molecule has 0 amide bonds. The van der Waals surface area contributed by atoms with E-state index in [1.165, 1.54) is 0 Å². The summed E-state index contributed by atoms with van der Waals surface area (Å²) in [5.41, 5.74) is 2.91. The van der Waals surface area contributed by atoms with Crippen LogP contribution in [0, 0.1) is 6.92 Å². The second-order valence-electron chi connectivity index (χ2n) is 3.95. The van der Waals surface area contributed by atoms with Crippen molar-refractivity contribution in [1.82, 2.24) is 4.98 Å². The smallest absolute Gasteiger partial charge is 0.0708 e. The number of fused-ring (bicyclic) bond motifs is 1. The molecule has 2 aromatic rings. The third-order valence-corrected chi connectivity index (χ3v) is 3.84. The van der Waals surface area contributed by atoms with Gasteiger partial charge in [-0.2, -0.15) is 0 Å². The largest absolute Gasteiger partial charge is 0.395 e. The topological polar surface area (TPSA) is 50.2 Å². The van der Waals surface area contributed by atoms with Crippen LogP contribution in [-0.4, -0.2) is 26.7 Å². The molecule has 1 unspecified atom stereocenters. The van der Waals surface area contributed by atoms with Crippen molar-refractivity contribution < 1.29 is 9.32 Å². The highest BCUT2D eigenvalue weighted by Crippen LogP contribution is 2.19. The number of aryl methyl sites for hydroxylation is 1. The Kier molecular flexibility index (Phi) is 3.86. The molecule has 0 aliphatic heterocycles. The maximum Gasteiger partial charge on any atom is 0.0708 e. The molecule has 0 bridgehead atoms. The Labute approximate surface area is 103 Å². The van der Waals surface area contributed by atoms with Gasteiger partial charge in [0.05, 0.1) is 12.1 Å². The number of benzene rings is 1. The van der Waals surface area contributed by atoms with E-state index in [1.54, 1.807) is 0 Å². The lowest BCUT2D eigenvalue weighted by molar-refractivity contribution is 0.321. The zero-order valence-corrected chi connectivity index (χ0v) is 10.5. The van der Waals surface area contributed by atoms with E-state index in [4.69, 9.17) is 5.11 Å². The highest BCUT2D eigenvalue weighted by Gasteiger charge is 2.07. The predicted octanol–water partition coefficient (Wildman–Crippen LogP) is 1.78. The first-order chi connectivity index (χ1) is 8.20. The summed E-state index contributed by atoms with van der Waals surface area (Å²) in [5, 5.41) is 9.82. The van der Waals surface area contributed by atoms with Crippen molar-refractivity contribution in [3.8, 4) is 0 Å². The minimum atomic E-state index is -1.01. The van der Waals surface area contributed by atoms with Crippen LogP contribution in [0.5, 0.6) is 0 Å². The molecule has 2 rings (SSSR count). The van der Waals surface area contributed by atoms with Crippen molar-refractivity contribution in [1.29, 1.82) is 0 Å². The Hall–Kier alpha value is -1.26. The van der Waals surface area contributed by atoms with Crippen molar-refractivity contribution in [3.63, 3.8) is 0 Å². The molecule has 1 aromatic carbocycles. The quantitative estimate of drug-likeness (QED) is 0.898. The van der Waals surface area contributed by atoms with Gasteiger partial charge in [0.25, 0.3) is 0 Å². The van der Waals surface area contributed by atoms with Crippen LogP contribution in [0.3, 0.4) is 0 Å².